The summed E-state index contributed by atoms with van der Waals surface area (Å²) in [6, 6.07) is 0. The Labute approximate surface area is 95.0 Å². The van der Waals surface area contributed by atoms with Crippen LogP contribution in [0.2, 0.25) is 0 Å². The van der Waals surface area contributed by atoms with Crippen molar-refractivity contribution in [2.75, 3.05) is 12.4 Å². The topological polar surface area (TPSA) is 55.4 Å². The summed E-state index contributed by atoms with van der Waals surface area (Å²) in [6.07, 6.45) is 1.60. The van der Waals surface area contributed by atoms with Crippen LogP contribution in [0, 0.1) is 0 Å². The number of hydrogen-bond donors (Lipinski definition) is 1. The summed E-state index contributed by atoms with van der Waals surface area (Å²) in [4.78, 5) is 0. The van der Waals surface area contributed by atoms with E-state index >= 15 is 0 Å². The molecule has 0 aromatic heterocycles. The van der Waals surface area contributed by atoms with Crippen molar-refractivity contribution in [2.24, 2.45) is 0 Å². The van der Waals surface area contributed by atoms with Crippen molar-refractivity contribution < 1.29 is 12.6 Å². The first-order valence-electron chi connectivity index (χ1n) is 4.35. The first-order valence-corrected chi connectivity index (χ1v) is 7.16. The number of thiocarbonyl (C=S) groups is 1. The predicted octanol–water partition coefficient (Wildman–Crippen LogP) is 1.68. The van der Waals surface area contributed by atoms with Gasteiger partial charge in [-0.2, -0.15) is 8.42 Å². The highest BCUT2D eigenvalue weighted by Crippen LogP contribution is 2.05. The minimum absolute atomic E-state index is 0.177. The summed E-state index contributed by atoms with van der Waals surface area (Å²) in [5.41, 5.74) is 0. The van der Waals surface area contributed by atoms with Gasteiger partial charge in [0.15, 0.2) is 0 Å². The fraction of sp³-hybridized carbons (Fsp3) is 0.857. The van der Waals surface area contributed by atoms with Crippen LogP contribution in [0.5, 0.6) is 0 Å². The Morgan fingerprint density at radius 1 is 1.43 bits per heavy atom. The first-order chi connectivity index (χ1) is 6.52. The molecule has 7 heteroatoms. The van der Waals surface area contributed by atoms with Gasteiger partial charge in [-0.25, -0.2) is 4.72 Å². The van der Waals surface area contributed by atoms with Gasteiger partial charge in [-0.05, 0) is 12.8 Å². The van der Waals surface area contributed by atoms with Gasteiger partial charge in [-0.3, -0.25) is 4.18 Å². The van der Waals surface area contributed by atoms with Crippen molar-refractivity contribution >= 4 is 38.6 Å². The summed E-state index contributed by atoms with van der Waals surface area (Å²) in [5, 5.41) is 0. The second-order valence-electron chi connectivity index (χ2n) is 2.51. The molecule has 0 unspecified atom stereocenters. The van der Waals surface area contributed by atoms with Gasteiger partial charge >= 0.3 is 10.3 Å². The number of nitrogens with one attached hydrogen (secondary N) is 1. The average molecular weight is 257 g/mol. The molecule has 0 radical (unpaired) electrons. The van der Waals surface area contributed by atoms with E-state index in [9.17, 15) is 8.42 Å². The van der Waals surface area contributed by atoms with Crippen LogP contribution in [-0.4, -0.2) is 25.1 Å². The molecule has 14 heavy (non-hydrogen) atoms. The summed E-state index contributed by atoms with van der Waals surface area (Å²) < 4.78 is 29.3. The SMILES string of the molecule is CCCOS(=O)(=O)NC(=S)SCCC. The van der Waals surface area contributed by atoms with Crippen LogP contribution in [-0.2, 0) is 14.5 Å². The van der Waals surface area contributed by atoms with Crippen LogP contribution in [0.25, 0.3) is 0 Å². The van der Waals surface area contributed by atoms with Gasteiger partial charge in [-0.1, -0.05) is 37.8 Å². The zero-order valence-corrected chi connectivity index (χ0v) is 10.7. The minimum Gasteiger partial charge on any atom is -0.254 e. The van der Waals surface area contributed by atoms with Gasteiger partial charge in [-0.15, -0.1) is 0 Å². The molecule has 0 aliphatic rings. The molecule has 0 heterocycles. The van der Waals surface area contributed by atoms with Gasteiger partial charge in [0.2, 0.25) is 0 Å². The smallest absolute Gasteiger partial charge is 0.254 e. The van der Waals surface area contributed by atoms with Crippen molar-refractivity contribution in [1.82, 2.24) is 4.72 Å². The van der Waals surface area contributed by atoms with Crippen LogP contribution in [0.4, 0.5) is 0 Å². The molecule has 0 aliphatic heterocycles. The van der Waals surface area contributed by atoms with Crippen LogP contribution >= 0.6 is 24.0 Å². The molecule has 0 saturated heterocycles. The van der Waals surface area contributed by atoms with Crippen molar-refractivity contribution in [2.45, 2.75) is 26.7 Å². The largest absolute Gasteiger partial charge is 0.361 e. The number of thioether (sulfide) groups is 1. The third-order valence-corrected chi connectivity index (χ3v) is 3.71. The Hall–Kier alpha value is 0.150. The van der Waals surface area contributed by atoms with Gasteiger partial charge in [0.25, 0.3) is 0 Å². The molecule has 0 saturated carbocycles. The lowest BCUT2D eigenvalue weighted by atomic mass is 10.5. The second-order valence-corrected chi connectivity index (χ2v) is 5.63. The van der Waals surface area contributed by atoms with Gasteiger partial charge in [0, 0.05) is 5.75 Å². The van der Waals surface area contributed by atoms with Crippen molar-refractivity contribution in [3.05, 3.63) is 0 Å². The quantitative estimate of drug-likeness (QED) is 0.734. The predicted molar refractivity (Wildman–Crippen MR) is 63.6 cm³/mol. The lowest BCUT2D eigenvalue weighted by molar-refractivity contribution is 0.315. The Morgan fingerprint density at radius 3 is 2.57 bits per heavy atom. The zero-order chi connectivity index (χ0) is 11.0. The van der Waals surface area contributed by atoms with Crippen molar-refractivity contribution in [1.29, 1.82) is 0 Å². The molecule has 0 spiro atoms. The van der Waals surface area contributed by atoms with E-state index < -0.39 is 10.3 Å². The van der Waals surface area contributed by atoms with E-state index in [1.165, 1.54) is 11.8 Å². The van der Waals surface area contributed by atoms with Gasteiger partial charge in [0.1, 0.15) is 4.32 Å². The molecule has 0 aliphatic carbocycles. The van der Waals surface area contributed by atoms with Crippen molar-refractivity contribution in [3.63, 3.8) is 0 Å². The minimum atomic E-state index is -3.69. The van der Waals surface area contributed by atoms with Crippen LogP contribution in [0.15, 0.2) is 0 Å². The fourth-order valence-corrected chi connectivity index (χ4v) is 2.69. The summed E-state index contributed by atoms with van der Waals surface area (Å²) in [6.45, 7) is 4.01. The molecule has 0 aromatic carbocycles. The summed E-state index contributed by atoms with van der Waals surface area (Å²) in [5.74, 6) is 0.801. The summed E-state index contributed by atoms with van der Waals surface area (Å²) >= 11 is 6.11. The normalized spacial score (nSPS) is 11.3. The van der Waals surface area contributed by atoms with E-state index in [0.29, 0.717) is 6.42 Å². The maximum atomic E-state index is 11.1. The molecule has 0 fully saturated rings. The van der Waals surface area contributed by atoms with E-state index in [-0.39, 0.29) is 10.9 Å². The molecule has 1 N–H and O–H groups in total. The molecular weight excluding hydrogens is 242 g/mol. The van der Waals surface area contributed by atoms with Crippen LogP contribution in [0.3, 0.4) is 0 Å². The molecule has 0 amide bonds. The lowest BCUT2D eigenvalue weighted by Gasteiger charge is -2.07. The maximum absolute atomic E-state index is 11.1. The Balaban J connectivity index is 3.90. The second kappa shape index (κ2) is 7.44. The Morgan fingerprint density at radius 2 is 2.07 bits per heavy atom. The van der Waals surface area contributed by atoms with Gasteiger partial charge in [0.05, 0.1) is 6.61 Å². The Kier molecular flexibility index (Phi) is 7.52. The van der Waals surface area contributed by atoms with E-state index in [2.05, 4.69) is 8.91 Å². The standard InChI is InChI=1S/C7H15NO3S3/c1-3-5-11-14(9,10)8-7(12)13-6-4-2/h3-6H2,1-2H3,(H,8,12). The highest BCUT2D eigenvalue weighted by atomic mass is 32.2. The molecule has 0 bridgehead atoms. The highest BCUT2D eigenvalue weighted by Gasteiger charge is 2.11. The van der Waals surface area contributed by atoms with Crippen LogP contribution < -0.4 is 4.72 Å². The number of rotatable bonds is 6. The molecule has 0 aromatic rings. The van der Waals surface area contributed by atoms with E-state index in [1.54, 1.807) is 0 Å². The first kappa shape index (κ1) is 14.2. The fourth-order valence-electron chi connectivity index (χ4n) is 0.549. The molecule has 84 valence electrons. The summed E-state index contributed by atoms with van der Waals surface area (Å²) in [7, 11) is -3.69. The maximum Gasteiger partial charge on any atom is 0.361 e. The van der Waals surface area contributed by atoms with E-state index in [0.717, 1.165) is 12.2 Å². The van der Waals surface area contributed by atoms with Crippen molar-refractivity contribution in [3.8, 4) is 0 Å². The van der Waals surface area contributed by atoms with Gasteiger partial charge < -0.3 is 0 Å². The van der Waals surface area contributed by atoms with Crippen LogP contribution in [0.1, 0.15) is 26.7 Å². The third-order valence-electron chi connectivity index (χ3n) is 1.09. The molecule has 0 rings (SSSR count). The molecular formula is C7H15NO3S3. The number of hydrogen-bond acceptors (Lipinski definition) is 5. The monoisotopic (exact) mass is 257 g/mol. The van der Waals surface area contributed by atoms with E-state index in [1.807, 2.05) is 13.8 Å². The highest BCUT2D eigenvalue weighted by molar-refractivity contribution is 8.23. The Bertz CT molecular complexity index is 263. The third kappa shape index (κ3) is 7.54. The lowest BCUT2D eigenvalue weighted by Crippen LogP contribution is -2.29. The molecule has 0 atom stereocenters. The van der Waals surface area contributed by atoms with E-state index in [4.69, 9.17) is 12.2 Å². The average Bonchev–Trinajstić information content (AvgIpc) is 2.11. The zero-order valence-electron chi connectivity index (χ0n) is 8.28. The molecule has 4 nitrogen and oxygen atoms in total.